The number of aryl methyl sites for hydroxylation is 1. The zero-order chi connectivity index (χ0) is 18.5. The van der Waals surface area contributed by atoms with Gasteiger partial charge in [0.25, 0.3) is 0 Å². The Balaban J connectivity index is 1.80. The number of anilines is 2. The summed E-state index contributed by atoms with van der Waals surface area (Å²) >= 11 is 0. The van der Waals surface area contributed by atoms with E-state index < -0.39 is 0 Å². The molecule has 0 aliphatic carbocycles. The van der Waals surface area contributed by atoms with E-state index in [-0.39, 0.29) is 17.7 Å². The van der Waals surface area contributed by atoms with Crippen molar-refractivity contribution in [1.29, 1.82) is 0 Å². The van der Waals surface area contributed by atoms with Gasteiger partial charge in [-0.15, -0.1) is 0 Å². The number of hydrogen-bond acceptors (Lipinski definition) is 2. The largest absolute Gasteiger partial charge is 0.326 e. The van der Waals surface area contributed by atoms with E-state index in [1.54, 1.807) is 0 Å². The van der Waals surface area contributed by atoms with Gasteiger partial charge in [0.15, 0.2) is 0 Å². The van der Waals surface area contributed by atoms with Crippen molar-refractivity contribution in [2.24, 2.45) is 5.92 Å². The molecule has 4 nitrogen and oxygen atoms in total. The molecule has 0 spiro atoms. The molecule has 0 saturated heterocycles. The summed E-state index contributed by atoms with van der Waals surface area (Å²) in [6.07, 6.45) is 2.90. The van der Waals surface area contributed by atoms with Gasteiger partial charge in [-0.25, -0.2) is 0 Å². The van der Waals surface area contributed by atoms with Crippen LogP contribution in [0.4, 0.5) is 11.4 Å². The summed E-state index contributed by atoms with van der Waals surface area (Å²) in [6, 6.07) is 15.9. The highest BCUT2D eigenvalue weighted by atomic mass is 16.2. The lowest BCUT2D eigenvalue weighted by atomic mass is 9.99. The molecule has 4 heteroatoms. The van der Waals surface area contributed by atoms with Gasteiger partial charge >= 0.3 is 0 Å². The fourth-order valence-electron chi connectivity index (χ4n) is 3.48. The Labute approximate surface area is 155 Å². The molecule has 0 fully saturated rings. The SMILES string of the molecule is CCC(CC)C(=O)Nc1ccc2c(c1)CCC(=O)N2Cc1ccccc1. The van der Waals surface area contributed by atoms with Crippen LogP contribution in [0.15, 0.2) is 48.5 Å². The van der Waals surface area contributed by atoms with E-state index in [2.05, 4.69) is 5.32 Å². The van der Waals surface area contributed by atoms with Crippen LogP contribution in [0.1, 0.15) is 44.2 Å². The van der Waals surface area contributed by atoms with Crippen molar-refractivity contribution in [2.45, 2.75) is 46.1 Å². The molecule has 2 aromatic rings. The third-order valence-electron chi connectivity index (χ3n) is 5.09. The maximum absolute atomic E-state index is 12.4. The van der Waals surface area contributed by atoms with Crippen LogP contribution >= 0.6 is 0 Å². The summed E-state index contributed by atoms with van der Waals surface area (Å²) in [6.45, 7) is 4.65. The van der Waals surface area contributed by atoms with Crippen LogP contribution in [0, 0.1) is 5.92 Å². The van der Waals surface area contributed by atoms with Gasteiger partial charge in [-0.05, 0) is 48.6 Å². The Bertz CT molecular complexity index is 782. The van der Waals surface area contributed by atoms with Gasteiger partial charge in [-0.3, -0.25) is 9.59 Å². The van der Waals surface area contributed by atoms with Crippen LogP contribution in [0.25, 0.3) is 0 Å². The Morgan fingerprint density at radius 2 is 1.81 bits per heavy atom. The number of fused-ring (bicyclic) bond motifs is 1. The van der Waals surface area contributed by atoms with Crippen LogP contribution in [0.3, 0.4) is 0 Å². The summed E-state index contributed by atoms with van der Waals surface area (Å²) in [5.74, 6) is 0.264. The first-order chi connectivity index (χ1) is 12.6. The lowest BCUT2D eigenvalue weighted by molar-refractivity contribution is -0.120. The molecule has 0 aromatic heterocycles. The predicted octanol–water partition coefficient (Wildman–Crippen LogP) is 4.54. The van der Waals surface area contributed by atoms with Crippen molar-refractivity contribution >= 4 is 23.2 Å². The van der Waals surface area contributed by atoms with Gasteiger partial charge in [0.1, 0.15) is 0 Å². The van der Waals surface area contributed by atoms with Crippen LogP contribution < -0.4 is 10.2 Å². The van der Waals surface area contributed by atoms with E-state index in [9.17, 15) is 9.59 Å². The Morgan fingerprint density at radius 1 is 1.08 bits per heavy atom. The number of benzene rings is 2. The minimum Gasteiger partial charge on any atom is -0.326 e. The minimum atomic E-state index is 0.0437. The first-order valence-electron chi connectivity index (χ1n) is 9.40. The second kappa shape index (κ2) is 8.17. The van der Waals surface area contributed by atoms with Crippen molar-refractivity contribution in [1.82, 2.24) is 0 Å². The maximum Gasteiger partial charge on any atom is 0.227 e. The monoisotopic (exact) mass is 350 g/mol. The number of hydrogen-bond donors (Lipinski definition) is 1. The van der Waals surface area contributed by atoms with Crippen molar-refractivity contribution < 1.29 is 9.59 Å². The smallest absolute Gasteiger partial charge is 0.227 e. The Hall–Kier alpha value is -2.62. The average molecular weight is 350 g/mol. The molecule has 0 unspecified atom stereocenters. The van der Waals surface area contributed by atoms with Gasteiger partial charge in [0, 0.05) is 23.7 Å². The third kappa shape index (κ3) is 3.96. The molecule has 0 radical (unpaired) electrons. The van der Waals surface area contributed by atoms with E-state index in [1.807, 2.05) is 67.3 Å². The lowest BCUT2D eigenvalue weighted by Gasteiger charge is -2.30. The summed E-state index contributed by atoms with van der Waals surface area (Å²) in [7, 11) is 0. The highest BCUT2D eigenvalue weighted by Crippen LogP contribution is 2.31. The number of carbonyl (C=O) groups excluding carboxylic acids is 2. The fraction of sp³-hybridized carbons (Fsp3) is 0.364. The van der Waals surface area contributed by atoms with Gasteiger partial charge in [0.2, 0.25) is 11.8 Å². The minimum absolute atomic E-state index is 0.0437. The molecule has 2 amide bonds. The van der Waals surface area contributed by atoms with E-state index in [1.165, 1.54) is 0 Å². The standard InChI is InChI=1S/C22H26N2O2/c1-3-17(4-2)22(26)23-19-11-12-20-18(14-19)10-13-21(25)24(20)15-16-8-6-5-7-9-16/h5-9,11-12,14,17H,3-4,10,13,15H2,1-2H3,(H,23,26). The second-order valence-electron chi connectivity index (χ2n) is 6.81. The molecule has 26 heavy (non-hydrogen) atoms. The molecule has 3 rings (SSSR count). The van der Waals surface area contributed by atoms with Crippen molar-refractivity contribution in [2.75, 3.05) is 10.2 Å². The van der Waals surface area contributed by atoms with E-state index in [0.29, 0.717) is 19.4 Å². The number of nitrogens with one attached hydrogen (secondary N) is 1. The van der Waals surface area contributed by atoms with E-state index in [0.717, 1.165) is 35.3 Å². The molecule has 0 bridgehead atoms. The predicted molar refractivity (Wildman–Crippen MR) is 105 cm³/mol. The molecule has 0 saturated carbocycles. The van der Waals surface area contributed by atoms with Crippen molar-refractivity contribution in [3.05, 3.63) is 59.7 Å². The Kier molecular flexibility index (Phi) is 5.71. The average Bonchev–Trinajstić information content (AvgIpc) is 2.66. The van der Waals surface area contributed by atoms with Gasteiger partial charge in [-0.1, -0.05) is 44.2 Å². The summed E-state index contributed by atoms with van der Waals surface area (Å²) in [5, 5.41) is 3.03. The highest BCUT2D eigenvalue weighted by Gasteiger charge is 2.25. The third-order valence-corrected chi connectivity index (χ3v) is 5.09. The summed E-state index contributed by atoms with van der Waals surface area (Å²) < 4.78 is 0. The number of amides is 2. The topological polar surface area (TPSA) is 49.4 Å². The van der Waals surface area contributed by atoms with Gasteiger partial charge in [0.05, 0.1) is 6.54 Å². The second-order valence-corrected chi connectivity index (χ2v) is 6.81. The molecular weight excluding hydrogens is 324 g/mol. The molecule has 136 valence electrons. The molecule has 1 heterocycles. The van der Waals surface area contributed by atoms with Gasteiger partial charge in [-0.2, -0.15) is 0 Å². The summed E-state index contributed by atoms with van der Waals surface area (Å²) in [5.41, 5.74) is 3.99. The normalized spacial score (nSPS) is 13.7. The highest BCUT2D eigenvalue weighted by molar-refractivity contribution is 5.97. The van der Waals surface area contributed by atoms with Crippen LogP contribution in [-0.2, 0) is 22.6 Å². The Morgan fingerprint density at radius 3 is 2.50 bits per heavy atom. The first kappa shape index (κ1) is 18.2. The quantitative estimate of drug-likeness (QED) is 0.831. The van der Waals surface area contributed by atoms with Crippen molar-refractivity contribution in [3.63, 3.8) is 0 Å². The zero-order valence-corrected chi connectivity index (χ0v) is 15.5. The number of nitrogens with zero attached hydrogens (tertiary/aromatic N) is 1. The van der Waals surface area contributed by atoms with E-state index >= 15 is 0 Å². The van der Waals surface area contributed by atoms with Crippen LogP contribution in [0.2, 0.25) is 0 Å². The molecule has 1 aliphatic rings. The first-order valence-corrected chi connectivity index (χ1v) is 9.40. The molecule has 1 N–H and O–H groups in total. The van der Waals surface area contributed by atoms with Gasteiger partial charge < -0.3 is 10.2 Å². The molecule has 2 aromatic carbocycles. The van der Waals surface area contributed by atoms with Crippen LogP contribution in [0.5, 0.6) is 0 Å². The number of rotatable bonds is 6. The molecular formula is C22H26N2O2. The fourth-order valence-corrected chi connectivity index (χ4v) is 3.48. The lowest BCUT2D eigenvalue weighted by Crippen LogP contribution is -2.34. The van der Waals surface area contributed by atoms with E-state index in [4.69, 9.17) is 0 Å². The summed E-state index contributed by atoms with van der Waals surface area (Å²) in [4.78, 5) is 26.6. The molecule has 1 aliphatic heterocycles. The molecule has 0 atom stereocenters. The van der Waals surface area contributed by atoms with Crippen LogP contribution in [-0.4, -0.2) is 11.8 Å². The zero-order valence-electron chi connectivity index (χ0n) is 15.5. The van der Waals surface area contributed by atoms with Crippen molar-refractivity contribution in [3.8, 4) is 0 Å². The maximum atomic E-state index is 12.4. The number of carbonyl (C=O) groups is 2.